The molecule has 116 valence electrons. The molecule has 0 saturated heterocycles. The Hall–Kier alpha value is -3.08. The van der Waals surface area contributed by atoms with Crippen molar-refractivity contribution in [2.75, 3.05) is 6.61 Å². The van der Waals surface area contributed by atoms with Gasteiger partial charge in [-0.25, -0.2) is 4.79 Å². The number of para-hydroxylation sites is 1. The highest BCUT2D eigenvalue weighted by atomic mass is 16.5. The summed E-state index contributed by atoms with van der Waals surface area (Å²) in [5.74, 6) is -0.319. The van der Waals surface area contributed by atoms with Gasteiger partial charge in [0.15, 0.2) is 0 Å². The summed E-state index contributed by atoms with van der Waals surface area (Å²) in [6, 6.07) is 14.4. The molecule has 0 aliphatic carbocycles. The highest BCUT2D eigenvalue weighted by molar-refractivity contribution is 6.05. The third kappa shape index (κ3) is 3.08. The van der Waals surface area contributed by atoms with Crippen LogP contribution in [-0.2, 0) is 4.74 Å². The standard InChI is InChI=1S/C18H16N2O3/c1-2-23-18(22)16-10-13-14(17(21)9-8-15(13)20-16)11-19-12-6-4-3-5-7-12/h3-11,20-21H,2H2,1H3. The van der Waals surface area contributed by atoms with Gasteiger partial charge < -0.3 is 14.8 Å². The van der Waals surface area contributed by atoms with Gasteiger partial charge in [-0.1, -0.05) is 18.2 Å². The van der Waals surface area contributed by atoms with Crippen LogP contribution in [-0.4, -0.2) is 28.9 Å². The van der Waals surface area contributed by atoms with E-state index < -0.39 is 5.97 Å². The summed E-state index contributed by atoms with van der Waals surface area (Å²) in [7, 11) is 0. The summed E-state index contributed by atoms with van der Waals surface area (Å²) in [5, 5.41) is 10.8. The first-order valence-corrected chi connectivity index (χ1v) is 7.30. The fourth-order valence-corrected chi connectivity index (χ4v) is 2.32. The topological polar surface area (TPSA) is 74.7 Å². The van der Waals surface area contributed by atoms with E-state index in [0.717, 1.165) is 11.2 Å². The van der Waals surface area contributed by atoms with E-state index in [2.05, 4.69) is 9.98 Å². The molecule has 5 heteroatoms. The number of nitrogens with zero attached hydrogens (tertiary/aromatic N) is 1. The van der Waals surface area contributed by atoms with E-state index in [1.54, 1.807) is 31.3 Å². The Morgan fingerprint density at radius 2 is 2.04 bits per heavy atom. The smallest absolute Gasteiger partial charge is 0.354 e. The van der Waals surface area contributed by atoms with Crippen LogP contribution in [0.2, 0.25) is 0 Å². The maximum Gasteiger partial charge on any atom is 0.354 e. The number of fused-ring (bicyclic) bond motifs is 1. The fourth-order valence-electron chi connectivity index (χ4n) is 2.32. The highest BCUT2D eigenvalue weighted by Crippen LogP contribution is 2.27. The summed E-state index contributed by atoms with van der Waals surface area (Å²) >= 11 is 0. The molecule has 5 nitrogen and oxygen atoms in total. The first kappa shape index (κ1) is 14.8. The fraction of sp³-hybridized carbons (Fsp3) is 0.111. The van der Waals surface area contributed by atoms with Crippen LogP contribution in [0.25, 0.3) is 10.9 Å². The second-order valence-corrected chi connectivity index (χ2v) is 4.96. The van der Waals surface area contributed by atoms with Crippen LogP contribution in [0.1, 0.15) is 23.0 Å². The number of nitrogens with one attached hydrogen (secondary N) is 1. The monoisotopic (exact) mass is 308 g/mol. The summed E-state index contributed by atoms with van der Waals surface area (Å²) in [6.07, 6.45) is 1.59. The van der Waals surface area contributed by atoms with Crippen LogP contribution in [0.15, 0.2) is 53.5 Å². The van der Waals surface area contributed by atoms with E-state index in [9.17, 15) is 9.90 Å². The number of aliphatic imine (C=N–C) groups is 1. The number of hydrogen-bond acceptors (Lipinski definition) is 4. The lowest BCUT2D eigenvalue weighted by Gasteiger charge is -2.00. The number of hydrogen-bond donors (Lipinski definition) is 2. The van der Waals surface area contributed by atoms with Crippen molar-refractivity contribution < 1.29 is 14.6 Å². The van der Waals surface area contributed by atoms with Gasteiger partial charge in [0.2, 0.25) is 0 Å². The van der Waals surface area contributed by atoms with Crippen molar-refractivity contribution in [1.82, 2.24) is 4.98 Å². The molecule has 0 unspecified atom stereocenters. The van der Waals surface area contributed by atoms with Crippen molar-refractivity contribution in [3.05, 3.63) is 59.8 Å². The van der Waals surface area contributed by atoms with Gasteiger partial charge in [-0.2, -0.15) is 0 Å². The number of phenols is 1. The van der Waals surface area contributed by atoms with Crippen molar-refractivity contribution in [1.29, 1.82) is 0 Å². The molecule has 3 aromatic rings. The first-order chi connectivity index (χ1) is 11.2. The maximum atomic E-state index is 11.8. The summed E-state index contributed by atoms with van der Waals surface area (Å²) in [4.78, 5) is 19.2. The summed E-state index contributed by atoms with van der Waals surface area (Å²) < 4.78 is 4.99. The Kier molecular flexibility index (Phi) is 4.10. The number of phenolic OH excluding ortho intramolecular Hbond substituents is 1. The predicted molar refractivity (Wildman–Crippen MR) is 89.6 cm³/mol. The minimum absolute atomic E-state index is 0.103. The molecule has 0 aliphatic rings. The zero-order valence-corrected chi connectivity index (χ0v) is 12.6. The zero-order chi connectivity index (χ0) is 16.2. The van der Waals surface area contributed by atoms with Gasteiger partial charge in [0.1, 0.15) is 11.4 Å². The van der Waals surface area contributed by atoms with Crippen molar-refractivity contribution in [3.63, 3.8) is 0 Å². The largest absolute Gasteiger partial charge is 0.507 e. The molecule has 23 heavy (non-hydrogen) atoms. The average molecular weight is 308 g/mol. The number of carbonyl (C=O) groups excluding carboxylic acids is 1. The third-order valence-corrected chi connectivity index (χ3v) is 3.42. The molecule has 0 radical (unpaired) electrons. The number of rotatable bonds is 4. The molecule has 1 aromatic heterocycles. The lowest BCUT2D eigenvalue weighted by Crippen LogP contribution is -2.04. The minimum atomic E-state index is -0.422. The molecule has 0 atom stereocenters. The Bertz CT molecular complexity index is 867. The number of carbonyl (C=O) groups is 1. The van der Waals surface area contributed by atoms with Crippen LogP contribution in [0.3, 0.4) is 0 Å². The number of aromatic hydroxyl groups is 1. The lowest BCUT2D eigenvalue weighted by atomic mass is 10.1. The van der Waals surface area contributed by atoms with Crippen LogP contribution in [0.4, 0.5) is 5.69 Å². The van der Waals surface area contributed by atoms with E-state index >= 15 is 0 Å². The van der Waals surface area contributed by atoms with Gasteiger partial charge in [0, 0.05) is 22.7 Å². The number of esters is 1. The molecule has 0 spiro atoms. The molecule has 0 amide bonds. The molecule has 0 aliphatic heterocycles. The molecular formula is C18H16N2O3. The van der Waals surface area contributed by atoms with Crippen molar-refractivity contribution >= 4 is 28.8 Å². The Morgan fingerprint density at radius 3 is 2.78 bits per heavy atom. The highest BCUT2D eigenvalue weighted by Gasteiger charge is 2.13. The molecule has 0 fully saturated rings. The lowest BCUT2D eigenvalue weighted by molar-refractivity contribution is 0.0520. The summed E-state index contributed by atoms with van der Waals surface area (Å²) in [6.45, 7) is 2.06. The van der Waals surface area contributed by atoms with Crippen molar-refractivity contribution in [2.24, 2.45) is 4.99 Å². The third-order valence-electron chi connectivity index (χ3n) is 3.42. The maximum absolute atomic E-state index is 11.8. The SMILES string of the molecule is CCOC(=O)c1cc2c(C=Nc3ccccc3)c(O)ccc2[nH]1. The molecule has 1 heterocycles. The van der Waals surface area contributed by atoms with Gasteiger partial charge in [0.05, 0.1) is 12.3 Å². The second kappa shape index (κ2) is 6.36. The normalized spacial score (nSPS) is 11.2. The van der Waals surface area contributed by atoms with E-state index in [0.29, 0.717) is 23.3 Å². The van der Waals surface area contributed by atoms with Crippen molar-refractivity contribution in [2.45, 2.75) is 6.92 Å². The quantitative estimate of drug-likeness (QED) is 0.568. The Balaban J connectivity index is 2.03. The Labute approximate surface area is 133 Å². The average Bonchev–Trinajstić information content (AvgIpc) is 2.99. The molecule has 2 aromatic carbocycles. The Morgan fingerprint density at radius 1 is 1.26 bits per heavy atom. The minimum Gasteiger partial charge on any atom is -0.507 e. The van der Waals surface area contributed by atoms with Gasteiger partial charge in [-0.05, 0) is 37.3 Å². The number of aromatic nitrogens is 1. The van der Waals surface area contributed by atoms with E-state index in [4.69, 9.17) is 4.74 Å². The van der Waals surface area contributed by atoms with Crippen LogP contribution >= 0.6 is 0 Å². The van der Waals surface area contributed by atoms with Gasteiger partial charge >= 0.3 is 5.97 Å². The van der Waals surface area contributed by atoms with Gasteiger partial charge in [-0.3, -0.25) is 4.99 Å². The van der Waals surface area contributed by atoms with Crippen LogP contribution in [0, 0.1) is 0 Å². The van der Waals surface area contributed by atoms with Crippen molar-refractivity contribution in [3.8, 4) is 5.75 Å². The second-order valence-electron chi connectivity index (χ2n) is 4.96. The number of ether oxygens (including phenoxy) is 1. The molecule has 0 bridgehead atoms. The molecule has 0 saturated carbocycles. The predicted octanol–water partition coefficient (Wildman–Crippen LogP) is 3.80. The number of H-pyrrole nitrogens is 1. The van der Waals surface area contributed by atoms with E-state index in [1.165, 1.54) is 0 Å². The zero-order valence-electron chi connectivity index (χ0n) is 12.6. The van der Waals surface area contributed by atoms with Gasteiger partial charge in [0.25, 0.3) is 0 Å². The number of benzene rings is 2. The summed E-state index contributed by atoms with van der Waals surface area (Å²) in [5.41, 5.74) is 2.42. The first-order valence-electron chi connectivity index (χ1n) is 7.30. The van der Waals surface area contributed by atoms with Gasteiger partial charge in [-0.15, -0.1) is 0 Å². The van der Waals surface area contributed by atoms with Crippen LogP contribution < -0.4 is 0 Å². The number of aromatic amines is 1. The van der Waals surface area contributed by atoms with Crippen LogP contribution in [0.5, 0.6) is 5.75 Å². The van der Waals surface area contributed by atoms with E-state index in [1.807, 2.05) is 30.3 Å². The molecule has 3 rings (SSSR count). The molecule has 2 N–H and O–H groups in total. The molecular weight excluding hydrogens is 292 g/mol. The van der Waals surface area contributed by atoms with E-state index in [-0.39, 0.29) is 5.75 Å².